The summed E-state index contributed by atoms with van der Waals surface area (Å²) < 4.78 is 5.29. The molecule has 1 aliphatic heterocycles. The van der Waals surface area contributed by atoms with Crippen LogP contribution < -0.4 is 0 Å². The number of ether oxygens (including phenoxy) is 1. The van der Waals surface area contributed by atoms with Gasteiger partial charge in [0.05, 0.1) is 5.41 Å². The van der Waals surface area contributed by atoms with Gasteiger partial charge in [-0.25, -0.2) is 0 Å². The minimum atomic E-state index is -0.730. The number of aliphatic carboxylic acids is 1. The summed E-state index contributed by atoms with van der Waals surface area (Å²) in [6, 6.07) is 7.65. The van der Waals surface area contributed by atoms with Crippen LogP contribution in [0.2, 0.25) is 5.02 Å². The van der Waals surface area contributed by atoms with Gasteiger partial charge in [-0.3, -0.25) is 4.79 Å². The Morgan fingerprint density at radius 1 is 1.40 bits per heavy atom. The molecule has 4 nitrogen and oxygen atoms in total. The second-order valence-corrected chi connectivity index (χ2v) is 5.87. The van der Waals surface area contributed by atoms with E-state index in [-0.39, 0.29) is 0 Å². The summed E-state index contributed by atoms with van der Waals surface area (Å²) >= 11 is 6.15. The van der Waals surface area contributed by atoms with Crippen molar-refractivity contribution >= 4 is 17.6 Å². The molecule has 0 radical (unpaired) electrons. The van der Waals surface area contributed by atoms with Gasteiger partial charge in [0.25, 0.3) is 0 Å². The summed E-state index contributed by atoms with van der Waals surface area (Å²) in [7, 11) is 1.93. The van der Waals surface area contributed by atoms with Gasteiger partial charge in [-0.2, -0.15) is 0 Å². The Balaban J connectivity index is 2.04. The predicted octanol–water partition coefficient (Wildman–Crippen LogP) is 2.65. The lowest BCUT2D eigenvalue weighted by atomic mass is 9.80. The summed E-state index contributed by atoms with van der Waals surface area (Å²) in [6.07, 6.45) is 1.13. The van der Waals surface area contributed by atoms with Crippen molar-refractivity contribution in [3.05, 3.63) is 34.9 Å². The molecular formula is C15H20ClNO3. The van der Waals surface area contributed by atoms with Crippen molar-refractivity contribution in [2.24, 2.45) is 5.41 Å². The minimum absolute atomic E-state index is 0.511. The van der Waals surface area contributed by atoms with Crippen LogP contribution in [0.3, 0.4) is 0 Å². The molecule has 5 heteroatoms. The molecule has 2 rings (SSSR count). The number of nitrogens with zero attached hydrogens (tertiary/aromatic N) is 1. The van der Waals surface area contributed by atoms with Gasteiger partial charge in [-0.15, -0.1) is 0 Å². The van der Waals surface area contributed by atoms with E-state index in [0.29, 0.717) is 39.1 Å². The summed E-state index contributed by atoms with van der Waals surface area (Å²) in [4.78, 5) is 13.7. The zero-order chi connectivity index (χ0) is 14.6. The van der Waals surface area contributed by atoms with E-state index in [0.717, 1.165) is 10.6 Å². The van der Waals surface area contributed by atoms with Crippen molar-refractivity contribution < 1.29 is 14.6 Å². The Hall–Kier alpha value is -1.10. The molecule has 1 fully saturated rings. The molecular weight excluding hydrogens is 278 g/mol. The van der Waals surface area contributed by atoms with Gasteiger partial charge in [0.1, 0.15) is 0 Å². The maximum Gasteiger partial charge on any atom is 0.311 e. The van der Waals surface area contributed by atoms with Crippen LogP contribution in [0, 0.1) is 5.41 Å². The van der Waals surface area contributed by atoms with Crippen LogP contribution in [0.5, 0.6) is 0 Å². The highest BCUT2D eigenvalue weighted by molar-refractivity contribution is 6.31. The average Bonchev–Trinajstić information content (AvgIpc) is 2.42. The van der Waals surface area contributed by atoms with E-state index >= 15 is 0 Å². The first kappa shape index (κ1) is 15.3. The number of hydrogen-bond acceptors (Lipinski definition) is 3. The van der Waals surface area contributed by atoms with E-state index in [1.807, 2.05) is 36.2 Å². The standard InChI is InChI=1S/C15H20ClNO3/c1-17(10-12-4-2-3-5-13(12)16)11-15(14(18)19)6-8-20-9-7-15/h2-5H,6-11H2,1H3,(H,18,19). The lowest BCUT2D eigenvalue weighted by Crippen LogP contribution is -2.45. The topological polar surface area (TPSA) is 49.8 Å². The number of benzene rings is 1. The van der Waals surface area contributed by atoms with E-state index < -0.39 is 11.4 Å². The monoisotopic (exact) mass is 297 g/mol. The van der Waals surface area contributed by atoms with Gasteiger partial charge < -0.3 is 14.7 Å². The van der Waals surface area contributed by atoms with Crippen LogP contribution in [-0.2, 0) is 16.1 Å². The third-order valence-electron chi connectivity index (χ3n) is 3.87. The molecule has 0 atom stereocenters. The molecule has 0 aliphatic carbocycles. The van der Waals surface area contributed by atoms with Gasteiger partial charge in [-0.05, 0) is 31.5 Å². The SMILES string of the molecule is CN(Cc1ccccc1Cl)CC1(C(=O)O)CCOCC1. The van der Waals surface area contributed by atoms with Gasteiger partial charge in [0, 0.05) is 31.3 Å². The van der Waals surface area contributed by atoms with Crippen LogP contribution in [0.1, 0.15) is 18.4 Å². The van der Waals surface area contributed by atoms with Crippen molar-refractivity contribution in [1.82, 2.24) is 4.90 Å². The van der Waals surface area contributed by atoms with Crippen LogP contribution in [0.15, 0.2) is 24.3 Å². The molecule has 0 saturated carbocycles. The third kappa shape index (κ3) is 3.51. The summed E-state index contributed by atoms with van der Waals surface area (Å²) in [6.45, 7) is 2.20. The molecule has 1 aromatic rings. The highest BCUT2D eigenvalue weighted by Gasteiger charge is 2.41. The molecule has 0 bridgehead atoms. The third-order valence-corrected chi connectivity index (χ3v) is 4.24. The molecule has 0 spiro atoms. The summed E-state index contributed by atoms with van der Waals surface area (Å²) in [5.41, 5.74) is 0.318. The van der Waals surface area contributed by atoms with E-state index in [9.17, 15) is 9.90 Å². The molecule has 0 amide bonds. The van der Waals surface area contributed by atoms with Crippen LogP contribution in [0.4, 0.5) is 0 Å². The van der Waals surface area contributed by atoms with E-state index in [2.05, 4.69) is 0 Å². The first-order chi connectivity index (χ1) is 9.53. The van der Waals surface area contributed by atoms with Crippen molar-refractivity contribution in [2.45, 2.75) is 19.4 Å². The predicted molar refractivity (Wildman–Crippen MR) is 77.9 cm³/mol. The van der Waals surface area contributed by atoms with Crippen molar-refractivity contribution in [3.63, 3.8) is 0 Å². The Bertz CT molecular complexity index is 472. The number of rotatable bonds is 5. The number of carboxylic acid groups (broad SMARTS) is 1. The van der Waals surface area contributed by atoms with Crippen molar-refractivity contribution in [2.75, 3.05) is 26.8 Å². The molecule has 20 heavy (non-hydrogen) atoms. The number of carbonyl (C=O) groups is 1. The summed E-state index contributed by atoms with van der Waals surface area (Å²) in [5.74, 6) is -0.730. The van der Waals surface area contributed by atoms with Gasteiger partial charge in [0.2, 0.25) is 0 Å². The zero-order valence-corrected chi connectivity index (χ0v) is 12.4. The van der Waals surface area contributed by atoms with E-state index in [1.54, 1.807) is 0 Å². The molecule has 1 N–H and O–H groups in total. The Kier molecular flexibility index (Phi) is 5.02. The lowest BCUT2D eigenvalue weighted by molar-refractivity contribution is -0.156. The Morgan fingerprint density at radius 2 is 2.05 bits per heavy atom. The first-order valence-corrected chi connectivity index (χ1v) is 7.14. The average molecular weight is 298 g/mol. The largest absolute Gasteiger partial charge is 0.481 e. The maximum absolute atomic E-state index is 11.6. The fourth-order valence-electron chi connectivity index (χ4n) is 2.69. The highest BCUT2D eigenvalue weighted by Crippen LogP contribution is 2.32. The molecule has 1 aromatic carbocycles. The van der Waals surface area contributed by atoms with Gasteiger partial charge in [-0.1, -0.05) is 29.8 Å². The van der Waals surface area contributed by atoms with Gasteiger partial charge in [0.15, 0.2) is 0 Å². The zero-order valence-electron chi connectivity index (χ0n) is 11.6. The Labute approximate surface area is 124 Å². The maximum atomic E-state index is 11.6. The number of halogens is 1. The summed E-state index contributed by atoms with van der Waals surface area (Å²) in [5, 5.41) is 10.3. The minimum Gasteiger partial charge on any atom is -0.481 e. The van der Waals surface area contributed by atoms with Gasteiger partial charge >= 0.3 is 5.97 Å². The van der Waals surface area contributed by atoms with Crippen LogP contribution in [-0.4, -0.2) is 42.8 Å². The van der Waals surface area contributed by atoms with Crippen molar-refractivity contribution in [1.29, 1.82) is 0 Å². The smallest absolute Gasteiger partial charge is 0.311 e. The van der Waals surface area contributed by atoms with Crippen LogP contribution >= 0.6 is 11.6 Å². The van der Waals surface area contributed by atoms with E-state index in [4.69, 9.17) is 16.3 Å². The normalized spacial score (nSPS) is 18.1. The van der Waals surface area contributed by atoms with Crippen LogP contribution in [0.25, 0.3) is 0 Å². The number of hydrogen-bond donors (Lipinski definition) is 1. The molecule has 0 aromatic heterocycles. The second-order valence-electron chi connectivity index (χ2n) is 5.46. The van der Waals surface area contributed by atoms with Crippen molar-refractivity contribution in [3.8, 4) is 0 Å². The molecule has 1 aliphatic rings. The molecule has 0 unspecified atom stereocenters. The first-order valence-electron chi connectivity index (χ1n) is 6.77. The fraction of sp³-hybridized carbons (Fsp3) is 0.533. The lowest BCUT2D eigenvalue weighted by Gasteiger charge is -2.36. The highest BCUT2D eigenvalue weighted by atomic mass is 35.5. The molecule has 1 saturated heterocycles. The fourth-order valence-corrected chi connectivity index (χ4v) is 2.89. The molecule has 1 heterocycles. The second kappa shape index (κ2) is 6.57. The Morgan fingerprint density at radius 3 is 2.65 bits per heavy atom. The molecule has 110 valence electrons. The quantitative estimate of drug-likeness (QED) is 0.908. The number of carboxylic acids is 1. The van der Waals surface area contributed by atoms with E-state index in [1.165, 1.54) is 0 Å².